The van der Waals surface area contributed by atoms with E-state index in [9.17, 15) is 19.5 Å². The van der Waals surface area contributed by atoms with Crippen LogP contribution in [0.3, 0.4) is 0 Å². The fourth-order valence-electron chi connectivity index (χ4n) is 6.84. The van der Waals surface area contributed by atoms with Gasteiger partial charge in [0.25, 0.3) is 0 Å². The van der Waals surface area contributed by atoms with Crippen molar-refractivity contribution in [1.82, 2.24) is 4.98 Å². The zero-order valence-corrected chi connectivity index (χ0v) is 25.3. The first kappa shape index (κ1) is 31.5. The number of fused-ring (bicyclic) bond motifs is 1. The highest BCUT2D eigenvalue weighted by Crippen LogP contribution is 2.47. The summed E-state index contributed by atoms with van der Waals surface area (Å²) in [5.74, 6) is 0.142. The van der Waals surface area contributed by atoms with Gasteiger partial charge in [0, 0.05) is 25.6 Å². The Labute approximate surface area is 249 Å². The van der Waals surface area contributed by atoms with Gasteiger partial charge in [0.15, 0.2) is 11.5 Å². The summed E-state index contributed by atoms with van der Waals surface area (Å²) < 4.78 is 11.2. The molecule has 1 saturated carbocycles. The summed E-state index contributed by atoms with van der Waals surface area (Å²) >= 11 is 0. The molecule has 2 aromatic rings. The van der Waals surface area contributed by atoms with E-state index in [2.05, 4.69) is 18.8 Å². The lowest BCUT2D eigenvalue weighted by atomic mass is 9.73. The number of amides is 1. The van der Waals surface area contributed by atoms with Crippen LogP contribution < -0.4 is 14.4 Å². The Balaban J connectivity index is 1.61. The second-order valence-corrected chi connectivity index (χ2v) is 12.1. The molecule has 0 spiro atoms. The molecule has 2 heterocycles. The van der Waals surface area contributed by atoms with Gasteiger partial charge in [-0.05, 0) is 98.9 Å². The highest BCUT2D eigenvalue weighted by atomic mass is 16.7. The van der Waals surface area contributed by atoms with Gasteiger partial charge in [0.05, 0.1) is 17.8 Å². The van der Waals surface area contributed by atoms with E-state index in [1.54, 1.807) is 19.3 Å². The number of rotatable bonds is 14. The highest BCUT2D eigenvalue weighted by molar-refractivity contribution is 5.93. The molecule has 2 unspecified atom stereocenters. The summed E-state index contributed by atoms with van der Waals surface area (Å²) in [5.41, 5.74) is 1.72. The van der Waals surface area contributed by atoms with E-state index in [1.807, 2.05) is 35.2 Å². The number of unbranched alkanes of at least 4 members (excludes halogenated alkanes) is 1. The van der Waals surface area contributed by atoms with E-state index in [0.717, 1.165) is 56.2 Å². The standard InChI is InChI=1S/C34H46N2O6/c1-4-6-16-36(28-8-7-15-35-21-28)32(38)19-25-10-12-26(11-9-24(5-2)17-23(3)37)33(34(39)40)29(18-25)27-13-14-30-31(20-27)42-22-41-30/h7-8,13-15,20-21,24-26,29,33H,4-6,9-12,16-19,22H2,1-3H3,(H,39,40)/t24?,25?,26-,29-,33+/m1/s1. The number of aromatic nitrogens is 1. The molecule has 0 saturated heterocycles. The molecule has 1 aliphatic heterocycles. The number of ether oxygens (including phenoxy) is 2. The van der Waals surface area contributed by atoms with Crippen molar-refractivity contribution in [3.63, 3.8) is 0 Å². The van der Waals surface area contributed by atoms with Crippen LogP contribution in [0.4, 0.5) is 5.69 Å². The Hall–Kier alpha value is -3.42. The fraction of sp³-hybridized carbons (Fsp3) is 0.588. The van der Waals surface area contributed by atoms with Gasteiger partial charge in [-0.15, -0.1) is 0 Å². The van der Waals surface area contributed by atoms with E-state index in [1.165, 1.54) is 0 Å². The number of carboxylic acids is 1. The van der Waals surface area contributed by atoms with Crippen molar-refractivity contribution in [2.45, 2.75) is 90.9 Å². The molecule has 0 bridgehead atoms. The minimum absolute atomic E-state index is 0.0414. The quantitative estimate of drug-likeness (QED) is 0.240. The Morgan fingerprint density at radius 3 is 2.62 bits per heavy atom. The number of ketones is 1. The summed E-state index contributed by atoms with van der Waals surface area (Å²) in [6, 6.07) is 9.53. The van der Waals surface area contributed by atoms with Crippen molar-refractivity contribution in [1.29, 1.82) is 0 Å². The number of pyridine rings is 1. The molecule has 42 heavy (non-hydrogen) atoms. The average molecular weight is 579 g/mol. The lowest BCUT2D eigenvalue weighted by Gasteiger charge is -2.30. The SMILES string of the molecule is CCCCN(C(=O)CC1CC[C@@H](CCC(CC)CC(C)=O)[C@H](C(=O)O)[C@@H](c2ccc3c(c2)OCO3)C1)c1cccnc1. The van der Waals surface area contributed by atoms with E-state index >= 15 is 0 Å². The highest BCUT2D eigenvalue weighted by Gasteiger charge is 2.41. The Morgan fingerprint density at radius 1 is 1.12 bits per heavy atom. The largest absolute Gasteiger partial charge is 0.481 e. The number of carboxylic acid groups (broad SMARTS) is 1. The predicted molar refractivity (Wildman–Crippen MR) is 162 cm³/mol. The van der Waals surface area contributed by atoms with Crippen molar-refractivity contribution in [2.75, 3.05) is 18.2 Å². The van der Waals surface area contributed by atoms with E-state index in [4.69, 9.17) is 9.47 Å². The van der Waals surface area contributed by atoms with Crippen LogP contribution in [-0.4, -0.2) is 41.1 Å². The van der Waals surface area contributed by atoms with Crippen LogP contribution >= 0.6 is 0 Å². The monoisotopic (exact) mass is 578 g/mol. The molecule has 1 N–H and O–H groups in total. The minimum Gasteiger partial charge on any atom is -0.481 e. The van der Waals surface area contributed by atoms with Gasteiger partial charge >= 0.3 is 5.97 Å². The van der Waals surface area contributed by atoms with Gasteiger partial charge in [-0.3, -0.25) is 14.6 Å². The molecule has 1 aromatic carbocycles. The Kier molecular flexibility index (Phi) is 11.4. The molecule has 1 aromatic heterocycles. The Bertz CT molecular complexity index is 1200. The summed E-state index contributed by atoms with van der Waals surface area (Å²) in [6.07, 6.45) is 10.8. The number of Topliss-reactive ketones (excluding diaryl/α,β-unsaturated/α-hetero) is 1. The zero-order valence-electron chi connectivity index (χ0n) is 25.3. The van der Waals surface area contributed by atoms with Crippen LogP contribution in [0.15, 0.2) is 42.7 Å². The average Bonchev–Trinajstić information content (AvgIpc) is 3.37. The van der Waals surface area contributed by atoms with Gasteiger partial charge in [0.2, 0.25) is 12.7 Å². The lowest BCUT2D eigenvalue weighted by Crippen LogP contribution is -2.33. The molecule has 1 amide bonds. The number of hydrogen-bond donors (Lipinski definition) is 1. The maximum atomic E-state index is 13.8. The van der Waals surface area contributed by atoms with Gasteiger partial charge in [0.1, 0.15) is 5.78 Å². The smallest absolute Gasteiger partial charge is 0.307 e. The number of carbonyl (C=O) groups is 3. The van der Waals surface area contributed by atoms with Crippen LogP contribution in [0.1, 0.15) is 96.5 Å². The number of benzene rings is 1. The van der Waals surface area contributed by atoms with Crippen LogP contribution in [0.25, 0.3) is 0 Å². The molecule has 5 atom stereocenters. The van der Waals surface area contributed by atoms with E-state index < -0.39 is 11.9 Å². The summed E-state index contributed by atoms with van der Waals surface area (Å²) in [4.78, 5) is 44.7. The van der Waals surface area contributed by atoms with Crippen molar-refractivity contribution >= 4 is 23.3 Å². The molecule has 2 aliphatic rings. The van der Waals surface area contributed by atoms with Crippen LogP contribution in [0.2, 0.25) is 0 Å². The second-order valence-electron chi connectivity index (χ2n) is 12.1. The number of aliphatic carboxylic acids is 1. The summed E-state index contributed by atoms with van der Waals surface area (Å²) in [6.45, 7) is 6.62. The molecule has 4 rings (SSSR count). The number of anilines is 1. The number of carbonyl (C=O) groups excluding carboxylic acids is 2. The van der Waals surface area contributed by atoms with Gasteiger partial charge in [-0.1, -0.05) is 32.8 Å². The number of hydrogen-bond acceptors (Lipinski definition) is 6. The maximum Gasteiger partial charge on any atom is 0.307 e. The number of nitrogens with zero attached hydrogens (tertiary/aromatic N) is 2. The second kappa shape index (κ2) is 15.2. The third-order valence-electron chi connectivity index (χ3n) is 9.14. The normalized spacial score (nSPS) is 22.3. The minimum atomic E-state index is -0.797. The molecule has 1 fully saturated rings. The molecule has 8 heteroatoms. The van der Waals surface area contributed by atoms with Crippen LogP contribution in [0, 0.1) is 23.7 Å². The molecule has 228 valence electrons. The summed E-state index contributed by atoms with van der Waals surface area (Å²) in [5, 5.41) is 10.6. The first-order chi connectivity index (χ1) is 20.3. The lowest BCUT2D eigenvalue weighted by molar-refractivity contribution is -0.145. The van der Waals surface area contributed by atoms with Crippen LogP contribution in [0.5, 0.6) is 11.5 Å². The van der Waals surface area contributed by atoms with Crippen molar-refractivity contribution in [3.8, 4) is 11.5 Å². The Morgan fingerprint density at radius 2 is 1.93 bits per heavy atom. The predicted octanol–water partition coefficient (Wildman–Crippen LogP) is 7.02. The summed E-state index contributed by atoms with van der Waals surface area (Å²) in [7, 11) is 0. The third-order valence-corrected chi connectivity index (χ3v) is 9.14. The molecule has 0 radical (unpaired) electrons. The first-order valence-electron chi connectivity index (χ1n) is 15.6. The van der Waals surface area contributed by atoms with Gasteiger partial charge in [-0.25, -0.2) is 0 Å². The van der Waals surface area contributed by atoms with Crippen molar-refractivity contribution in [3.05, 3.63) is 48.3 Å². The molecule has 1 aliphatic carbocycles. The van der Waals surface area contributed by atoms with Crippen LogP contribution in [-0.2, 0) is 14.4 Å². The maximum absolute atomic E-state index is 13.8. The first-order valence-corrected chi connectivity index (χ1v) is 15.6. The van der Waals surface area contributed by atoms with Crippen molar-refractivity contribution < 1.29 is 29.0 Å². The van der Waals surface area contributed by atoms with Gasteiger partial charge < -0.3 is 24.3 Å². The van der Waals surface area contributed by atoms with E-state index in [-0.39, 0.29) is 42.2 Å². The molecule has 8 nitrogen and oxygen atoms in total. The molecular weight excluding hydrogens is 532 g/mol. The topological polar surface area (TPSA) is 106 Å². The van der Waals surface area contributed by atoms with Crippen molar-refractivity contribution in [2.24, 2.45) is 23.7 Å². The fourth-order valence-corrected chi connectivity index (χ4v) is 6.84. The molecular formula is C34H46N2O6. The van der Waals surface area contributed by atoms with Gasteiger partial charge in [-0.2, -0.15) is 0 Å². The third kappa shape index (κ3) is 8.11. The zero-order chi connectivity index (χ0) is 30.1. The van der Waals surface area contributed by atoms with E-state index in [0.29, 0.717) is 37.3 Å².